The van der Waals surface area contributed by atoms with Crippen molar-refractivity contribution in [1.29, 1.82) is 0 Å². The van der Waals surface area contributed by atoms with E-state index in [2.05, 4.69) is 0 Å². The minimum Gasteiger partial charge on any atom is -0.489 e. The summed E-state index contributed by atoms with van der Waals surface area (Å²) in [5.74, 6) is 0.804. The summed E-state index contributed by atoms with van der Waals surface area (Å²) in [7, 11) is 1.67. The highest BCUT2D eigenvalue weighted by Gasteiger charge is 2.03. The first-order valence-corrected chi connectivity index (χ1v) is 6.78. The SMILES string of the molecule is COCc1cccc(OCc2ccc(CN)cc2Cl)c1. The summed E-state index contributed by atoms with van der Waals surface area (Å²) in [5.41, 5.74) is 8.62. The number of benzene rings is 2. The van der Waals surface area contributed by atoms with Crippen LogP contribution in [0.5, 0.6) is 5.75 Å². The Morgan fingerprint density at radius 3 is 2.60 bits per heavy atom. The lowest BCUT2D eigenvalue weighted by Gasteiger charge is -2.10. The van der Waals surface area contributed by atoms with Crippen molar-refractivity contribution in [1.82, 2.24) is 0 Å². The van der Waals surface area contributed by atoms with Gasteiger partial charge in [-0.3, -0.25) is 0 Å². The highest BCUT2D eigenvalue weighted by Crippen LogP contribution is 2.21. The van der Waals surface area contributed by atoms with Crippen LogP contribution in [0.25, 0.3) is 0 Å². The van der Waals surface area contributed by atoms with Crippen LogP contribution in [0.3, 0.4) is 0 Å². The number of hydrogen-bond acceptors (Lipinski definition) is 3. The molecule has 0 fully saturated rings. The first kappa shape index (κ1) is 14.9. The topological polar surface area (TPSA) is 44.5 Å². The quantitative estimate of drug-likeness (QED) is 0.885. The molecule has 0 heterocycles. The molecule has 2 aromatic carbocycles. The number of halogens is 1. The maximum atomic E-state index is 6.20. The molecule has 106 valence electrons. The summed E-state index contributed by atoms with van der Waals surface area (Å²) in [4.78, 5) is 0. The van der Waals surface area contributed by atoms with Gasteiger partial charge in [-0.2, -0.15) is 0 Å². The van der Waals surface area contributed by atoms with Crippen LogP contribution in [0.1, 0.15) is 16.7 Å². The van der Waals surface area contributed by atoms with Gasteiger partial charge in [-0.15, -0.1) is 0 Å². The molecule has 20 heavy (non-hydrogen) atoms. The first-order chi connectivity index (χ1) is 9.72. The van der Waals surface area contributed by atoms with Crippen molar-refractivity contribution in [2.75, 3.05) is 7.11 Å². The average Bonchev–Trinajstić information content (AvgIpc) is 2.46. The molecule has 0 radical (unpaired) electrons. The molecule has 0 saturated carbocycles. The predicted octanol–water partition coefficient (Wildman–Crippen LogP) is 3.52. The van der Waals surface area contributed by atoms with E-state index >= 15 is 0 Å². The number of ether oxygens (including phenoxy) is 2. The molecule has 2 rings (SSSR count). The van der Waals surface area contributed by atoms with Crippen molar-refractivity contribution >= 4 is 11.6 Å². The van der Waals surface area contributed by atoms with Crippen LogP contribution in [0.15, 0.2) is 42.5 Å². The molecule has 0 aromatic heterocycles. The van der Waals surface area contributed by atoms with Crippen LogP contribution >= 0.6 is 11.6 Å². The molecule has 0 aliphatic heterocycles. The van der Waals surface area contributed by atoms with Gasteiger partial charge >= 0.3 is 0 Å². The summed E-state index contributed by atoms with van der Waals surface area (Å²) in [6, 6.07) is 13.6. The zero-order valence-corrected chi connectivity index (χ0v) is 12.2. The lowest BCUT2D eigenvalue weighted by molar-refractivity contribution is 0.184. The molecule has 0 aliphatic carbocycles. The lowest BCUT2D eigenvalue weighted by atomic mass is 10.1. The number of nitrogens with two attached hydrogens (primary N) is 1. The van der Waals surface area contributed by atoms with E-state index in [1.54, 1.807) is 7.11 Å². The Morgan fingerprint density at radius 2 is 1.90 bits per heavy atom. The fraction of sp³-hybridized carbons (Fsp3) is 0.250. The second-order valence-electron chi connectivity index (χ2n) is 4.50. The minimum atomic E-state index is 0.431. The molecule has 2 aromatic rings. The zero-order valence-electron chi connectivity index (χ0n) is 11.4. The van der Waals surface area contributed by atoms with E-state index < -0.39 is 0 Å². The van der Waals surface area contributed by atoms with Crippen molar-refractivity contribution < 1.29 is 9.47 Å². The summed E-state index contributed by atoms with van der Waals surface area (Å²) in [5, 5.41) is 0.681. The minimum absolute atomic E-state index is 0.431. The molecule has 0 amide bonds. The van der Waals surface area contributed by atoms with Crippen molar-refractivity contribution in [2.45, 2.75) is 19.8 Å². The van der Waals surface area contributed by atoms with Crippen LogP contribution in [0, 0.1) is 0 Å². The summed E-state index contributed by atoms with van der Waals surface area (Å²) in [6.45, 7) is 1.49. The van der Waals surface area contributed by atoms with Gasteiger partial charge in [0.1, 0.15) is 12.4 Å². The third-order valence-electron chi connectivity index (χ3n) is 2.96. The van der Waals surface area contributed by atoms with E-state index in [1.807, 2.05) is 42.5 Å². The molecule has 0 unspecified atom stereocenters. The summed E-state index contributed by atoms with van der Waals surface area (Å²) < 4.78 is 10.9. The van der Waals surface area contributed by atoms with E-state index in [1.165, 1.54) is 0 Å². The molecular formula is C16H18ClNO2. The molecule has 0 spiro atoms. The molecule has 0 aliphatic rings. The van der Waals surface area contributed by atoms with Crippen LogP contribution in [-0.4, -0.2) is 7.11 Å². The molecule has 0 saturated heterocycles. The van der Waals surface area contributed by atoms with Crippen molar-refractivity contribution in [3.8, 4) is 5.75 Å². The van der Waals surface area contributed by atoms with Crippen molar-refractivity contribution in [3.05, 3.63) is 64.2 Å². The largest absolute Gasteiger partial charge is 0.489 e. The molecule has 2 N–H and O–H groups in total. The molecule has 4 heteroatoms. The van der Waals surface area contributed by atoms with E-state index in [9.17, 15) is 0 Å². The van der Waals surface area contributed by atoms with E-state index in [0.717, 1.165) is 22.4 Å². The zero-order chi connectivity index (χ0) is 14.4. The van der Waals surface area contributed by atoms with Gasteiger partial charge in [-0.05, 0) is 29.3 Å². The standard InChI is InChI=1S/C16H18ClNO2/c1-19-10-13-3-2-4-15(7-13)20-11-14-6-5-12(9-18)8-16(14)17/h2-8H,9-11,18H2,1H3. The normalized spacial score (nSPS) is 10.6. The van der Waals surface area contributed by atoms with Gasteiger partial charge in [0.05, 0.1) is 6.61 Å². The molecule has 0 atom stereocenters. The van der Waals surface area contributed by atoms with E-state index in [4.69, 9.17) is 26.8 Å². The third kappa shape index (κ3) is 3.97. The Labute approximate surface area is 124 Å². The summed E-state index contributed by atoms with van der Waals surface area (Å²) in [6.07, 6.45) is 0. The van der Waals surface area contributed by atoms with E-state index in [-0.39, 0.29) is 0 Å². The Hall–Kier alpha value is -1.55. The third-order valence-corrected chi connectivity index (χ3v) is 3.31. The number of rotatable bonds is 6. The fourth-order valence-electron chi connectivity index (χ4n) is 1.89. The monoisotopic (exact) mass is 291 g/mol. The van der Waals surface area contributed by atoms with E-state index in [0.29, 0.717) is 24.8 Å². The average molecular weight is 292 g/mol. The van der Waals surface area contributed by atoms with Crippen molar-refractivity contribution in [3.63, 3.8) is 0 Å². The van der Waals surface area contributed by atoms with Gasteiger partial charge < -0.3 is 15.2 Å². The highest BCUT2D eigenvalue weighted by molar-refractivity contribution is 6.31. The molecule has 3 nitrogen and oxygen atoms in total. The maximum absolute atomic E-state index is 6.20. The highest BCUT2D eigenvalue weighted by atomic mass is 35.5. The van der Waals surface area contributed by atoms with Gasteiger partial charge in [0.2, 0.25) is 0 Å². The van der Waals surface area contributed by atoms with Gasteiger partial charge in [0, 0.05) is 24.2 Å². The first-order valence-electron chi connectivity index (χ1n) is 6.41. The maximum Gasteiger partial charge on any atom is 0.120 e. The number of methoxy groups -OCH3 is 1. The van der Waals surface area contributed by atoms with Crippen LogP contribution in [0.4, 0.5) is 0 Å². The van der Waals surface area contributed by atoms with Gasteiger partial charge in [-0.1, -0.05) is 35.9 Å². The second kappa shape index (κ2) is 7.29. The van der Waals surface area contributed by atoms with Crippen LogP contribution in [0.2, 0.25) is 5.02 Å². The Bertz CT molecular complexity index is 572. The van der Waals surface area contributed by atoms with Gasteiger partial charge in [0.15, 0.2) is 0 Å². The van der Waals surface area contributed by atoms with Gasteiger partial charge in [-0.25, -0.2) is 0 Å². The van der Waals surface area contributed by atoms with Gasteiger partial charge in [0.25, 0.3) is 0 Å². The lowest BCUT2D eigenvalue weighted by Crippen LogP contribution is -2.00. The molecular weight excluding hydrogens is 274 g/mol. The Morgan fingerprint density at radius 1 is 1.05 bits per heavy atom. The summed E-state index contributed by atoms with van der Waals surface area (Å²) >= 11 is 6.20. The smallest absolute Gasteiger partial charge is 0.120 e. The Kier molecular flexibility index (Phi) is 5.41. The van der Waals surface area contributed by atoms with Crippen LogP contribution in [-0.2, 0) is 24.5 Å². The fourth-order valence-corrected chi connectivity index (χ4v) is 2.15. The molecule has 0 bridgehead atoms. The van der Waals surface area contributed by atoms with Crippen molar-refractivity contribution in [2.24, 2.45) is 5.73 Å². The number of hydrogen-bond donors (Lipinski definition) is 1. The predicted molar refractivity (Wildman–Crippen MR) is 80.8 cm³/mol. The second-order valence-corrected chi connectivity index (χ2v) is 4.91. The van der Waals surface area contributed by atoms with Crippen LogP contribution < -0.4 is 10.5 Å². The Balaban J connectivity index is 2.03.